The fourth-order valence-corrected chi connectivity index (χ4v) is 2.53. The molecule has 1 saturated carbocycles. The van der Waals surface area contributed by atoms with Gasteiger partial charge in [0.05, 0.1) is 18.7 Å². The number of hydrogen-bond acceptors (Lipinski definition) is 2. The molecule has 0 unspecified atom stereocenters. The molecule has 3 nitrogen and oxygen atoms in total. The Labute approximate surface area is 127 Å². The standard InChI is InChI=1S/C15H18ClF2NO2/c1-21-13-6-2-10(8-12(13)16)3-7-15(20)19(9-14(17)18)11-4-5-11/h2,6,8,11,14H,3-5,7,9H2,1H3. The summed E-state index contributed by atoms with van der Waals surface area (Å²) in [5, 5.41) is 0.481. The number of carbonyl (C=O) groups excluding carboxylic acids is 1. The second-order valence-corrected chi connectivity index (χ2v) is 5.54. The molecular weight excluding hydrogens is 300 g/mol. The molecule has 2 rings (SSSR count). The van der Waals surface area contributed by atoms with Gasteiger partial charge in [-0.2, -0.15) is 0 Å². The number of alkyl halides is 2. The van der Waals surface area contributed by atoms with Crippen LogP contribution in [-0.4, -0.2) is 36.9 Å². The number of carbonyl (C=O) groups is 1. The van der Waals surface area contributed by atoms with E-state index in [0.29, 0.717) is 17.2 Å². The van der Waals surface area contributed by atoms with Crippen molar-refractivity contribution >= 4 is 17.5 Å². The van der Waals surface area contributed by atoms with E-state index in [1.807, 2.05) is 6.07 Å². The lowest BCUT2D eigenvalue weighted by atomic mass is 10.1. The van der Waals surface area contributed by atoms with Crippen molar-refractivity contribution < 1.29 is 18.3 Å². The number of amides is 1. The maximum absolute atomic E-state index is 12.5. The molecule has 0 heterocycles. The highest BCUT2D eigenvalue weighted by molar-refractivity contribution is 6.32. The molecule has 0 aromatic heterocycles. The number of rotatable bonds is 7. The summed E-state index contributed by atoms with van der Waals surface area (Å²) >= 11 is 6.02. The van der Waals surface area contributed by atoms with Gasteiger partial charge in [0.15, 0.2) is 0 Å². The monoisotopic (exact) mass is 317 g/mol. The summed E-state index contributed by atoms with van der Waals surface area (Å²) in [6.45, 7) is -0.465. The van der Waals surface area contributed by atoms with Crippen LogP contribution >= 0.6 is 11.6 Å². The van der Waals surface area contributed by atoms with E-state index in [9.17, 15) is 13.6 Å². The van der Waals surface area contributed by atoms with Gasteiger partial charge in [0.25, 0.3) is 6.43 Å². The lowest BCUT2D eigenvalue weighted by molar-refractivity contribution is -0.133. The molecule has 0 spiro atoms. The molecule has 0 N–H and O–H groups in total. The number of benzene rings is 1. The molecule has 0 radical (unpaired) electrons. The van der Waals surface area contributed by atoms with Crippen LogP contribution < -0.4 is 4.74 Å². The minimum atomic E-state index is -2.48. The number of halogens is 3. The molecule has 1 aliphatic carbocycles. The van der Waals surface area contributed by atoms with Gasteiger partial charge >= 0.3 is 0 Å². The number of ether oxygens (including phenoxy) is 1. The minimum Gasteiger partial charge on any atom is -0.495 e. The Balaban J connectivity index is 1.91. The van der Waals surface area contributed by atoms with E-state index in [1.54, 1.807) is 12.1 Å². The Hall–Kier alpha value is -1.36. The maximum Gasteiger partial charge on any atom is 0.255 e. The molecule has 0 atom stereocenters. The van der Waals surface area contributed by atoms with Gasteiger partial charge in [-0.15, -0.1) is 0 Å². The van der Waals surface area contributed by atoms with Crippen molar-refractivity contribution in [3.8, 4) is 5.75 Å². The van der Waals surface area contributed by atoms with Gasteiger partial charge in [0.1, 0.15) is 5.75 Å². The van der Waals surface area contributed by atoms with Gasteiger partial charge in [-0.25, -0.2) is 8.78 Å². The molecule has 1 fully saturated rings. The van der Waals surface area contributed by atoms with Gasteiger partial charge in [0.2, 0.25) is 5.91 Å². The SMILES string of the molecule is COc1ccc(CCC(=O)N(CC(F)F)C2CC2)cc1Cl. The largest absolute Gasteiger partial charge is 0.495 e. The average Bonchev–Trinajstić information content (AvgIpc) is 3.26. The van der Waals surface area contributed by atoms with E-state index < -0.39 is 13.0 Å². The maximum atomic E-state index is 12.5. The fourth-order valence-electron chi connectivity index (χ4n) is 2.25. The summed E-state index contributed by atoms with van der Waals surface area (Å²) < 4.78 is 30.1. The second kappa shape index (κ2) is 7.07. The Kier molecular flexibility index (Phi) is 5.39. The molecule has 0 bridgehead atoms. The minimum absolute atomic E-state index is 0.00551. The smallest absolute Gasteiger partial charge is 0.255 e. The van der Waals surface area contributed by atoms with E-state index in [2.05, 4.69) is 0 Å². The van der Waals surface area contributed by atoms with Crippen molar-refractivity contribution in [2.75, 3.05) is 13.7 Å². The van der Waals surface area contributed by atoms with Crippen molar-refractivity contribution in [2.24, 2.45) is 0 Å². The zero-order chi connectivity index (χ0) is 15.4. The number of nitrogens with zero attached hydrogens (tertiary/aromatic N) is 1. The summed E-state index contributed by atoms with van der Waals surface area (Å²) in [6.07, 6.45) is -0.134. The van der Waals surface area contributed by atoms with Crippen molar-refractivity contribution in [2.45, 2.75) is 38.2 Å². The molecule has 1 aromatic carbocycles. The van der Waals surface area contributed by atoms with Crippen LogP contribution in [0.4, 0.5) is 8.78 Å². The normalized spacial score (nSPS) is 14.3. The molecular formula is C15H18ClF2NO2. The predicted molar refractivity (Wildman–Crippen MR) is 77.1 cm³/mol. The third-order valence-electron chi connectivity index (χ3n) is 3.49. The molecule has 21 heavy (non-hydrogen) atoms. The third kappa shape index (κ3) is 4.56. The number of aryl methyl sites for hydroxylation is 1. The summed E-state index contributed by atoms with van der Waals surface area (Å²) in [4.78, 5) is 13.4. The Morgan fingerprint density at radius 1 is 1.48 bits per heavy atom. The Morgan fingerprint density at radius 2 is 2.19 bits per heavy atom. The first kappa shape index (κ1) is 16.0. The molecule has 6 heteroatoms. The van der Waals surface area contributed by atoms with Crippen LogP contribution in [0.25, 0.3) is 0 Å². The van der Waals surface area contributed by atoms with Crippen LogP contribution in [-0.2, 0) is 11.2 Å². The highest BCUT2D eigenvalue weighted by Gasteiger charge is 2.33. The van der Waals surface area contributed by atoms with Gasteiger partial charge in [-0.1, -0.05) is 17.7 Å². The van der Waals surface area contributed by atoms with Crippen molar-refractivity contribution in [3.05, 3.63) is 28.8 Å². The van der Waals surface area contributed by atoms with E-state index >= 15 is 0 Å². The second-order valence-electron chi connectivity index (χ2n) is 5.14. The summed E-state index contributed by atoms with van der Waals surface area (Å²) in [5.41, 5.74) is 0.891. The van der Waals surface area contributed by atoms with Gasteiger partial charge < -0.3 is 9.64 Å². The van der Waals surface area contributed by atoms with Gasteiger partial charge in [-0.05, 0) is 37.0 Å². The molecule has 1 amide bonds. The van der Waals surface area contributed by atoms with Crippen molar-refractivity contribution in [3.63, 3.8) is 0 Å². The van der Waals surface area contributed by atoms with Gasteiger partial charge in [-0.3, -0.25) is 4.79 Å². The van der Waals surface area contributed by atoms with Crippen LogP contribution in [0.3, 0.4) is 0 Å². The highest BCUT2D eigenvalue weighted by atomic mass is 35.5. The Morgan fingerprint density at radius 3 is 2.71 bits per heavy atom. The van der Waals surface area contributed by atoms with Crippen molar-refractivity contribution in [1.29, 1.82) is 0 Å². The number of methoxy groups -OCH3 is 1. The van der Waals surface area contributed by atoms with Crippen LogP contribution in [0.2, 0.25) is 5.02 Å². The third-order valence-corrected chi connectivity index (χ3v) is 3.78. The molecule has 116 valence electrons. The first-order valence-electron chi connectivity index (χ1n) is 6.91. The van der Waals surface area contributed by atoms with Crippen LogP contribution in [0.15, 0.2) is 18.2 Å². The predicted octanol–water partition coefficient (Wildman–Crippen LogP) is 3.54. The lowest BCUT2D eigenvalue weighted by Gasteiger charge is -2.22. The number of hydrogen-bond donors (Lipinski definition) is 0. The van der Waals surface area contributed by atoms with Crippen LogP contribution in [0.5, 0.6) is 5.75 Å². The molecule has 1 aromatic rings. The zero-order valence-corrected chi connectivity index (χ0v) is 12.6. The van der Waals surface area contributed by atoms with E-state index in [4.69, 9.17) is 16.3 Å². The van der Waals surface area contributed by atoms with E-state index in [-0.39, 0.29) is 18.4 Å². The highest BCUT2D eigenvalue weighted by Crippen LogP contribution is 2.29. The first-order chi connectivity index (χ1) is 10.0. The van der Waals surface area contributed by atoms with E-state index in [0.717, 1.165) is 18.4 Å². The van der Waals surface area contributed by atoms with Crippen molar-refractivity contribution in [1.82, 2.24) is 4.90 Å². The molecule has 0 aliphatic heterocycles. The first-order valence-corrected chi connectivity index (χ1v) is 7.29. The zero-order valence-electron chi connectivity index (χ0n) is 11.8. The molecule has 0 saturated heterocycles. The quantitative estimate of drug-likeness (QED) is 0.770. The topological polar surface area (TPSA) is 29.5 Å². The Bertz CT molecular complexity index is 506. The summed E-state index contributed by atoms with van der Waals surface area (Å²) in [6, 6.07) is 5.31. The average molecular weight is 318 g/mol. The van der Waals surface area contributed by atoms with Crippen LogP contribution in [0.1, 0.15) is 24.8 Å². The fraction of sp³-hybridized carbons (Fsp3) is 0.533. The van der Waals surface area contributed by atoms with E-state index in [1.165, 1.54) is 12.0 Å². The summed E-state index contributed by atoms with van der Waals surface area (Å²) in [7, 11) is 1.53. The van der Waals surface area contributed by atoms with Gasteiger partial charge in [0, 0.05) is 12.5 Å². The lowest BCUT2D eigenvalue weighted by Crippen LogP contribution is -2.37. The summed E-state index contributed by atoms with van der Waals surface area (Å²) in [5.74, 6) is 0.355. The molecule has 1 aliphatic rings. The van der Waals surface area contributed by atoms with Crippen LogP contribution in [0, 0.1) is 0 Å².